The predicted molar refractivity (Wildman–Crippen MR) is 65.6 cm³/mol. The van der Waals surface area contributed by atoms with E-state index in [0.29, 0.717) is 6.54 Å². The first-order chi connectivity index (χ1) is 7.91. The van der Waals surface area contributed by atoms with Crippen LogP contribution in [0.3, 0.4) is 0 Å². The zero-order chi connectivity index (χ0) is 13.0. The Morgan fingerprint density at radius 1 is 1.35 bits per heavy atom. The van der Waals surface area contributed by atoms with Crippen molar-refractivity contribution in [1.29, 1.82) is 0 Å². The number of carbonyl (C=O) groups is 1. The molecular weight excluding hydrogens is 218 g/mol. The Bertz CT molecular complexity index is 366. The molecule has 0 fully saturated rings. The predicted octanol–water partition coefficient (Wildman–Crippen LogP) is 1.29. The molecule has 1 aromatic heterocycles. The lowest BCUT2D eigenvalue weighted by atomic mass is 10.2. The van der Waals surface area contributed by atoms with Crippen LogP contribution in [0.5, 0.6) is 0 Å². The summed E-state index contributed by atoms with van der Waals surface area (Å²) in [7, 11) is 0. The summed E-state index contributed by atoms with van der Waals surface area (Å²) in [4.78, 5) is 11.7. The highest BCUT2D eigenvalue weighted by atomic mass is 16.5. The molecule has 0 bridgehead atoms. The first kappa shape index (κ1) is 13.7. The van der Waals surface area contributed by atoms with Gasteiger partial charge in [-0.25, -0.2) is 0 Å². The van der Waals surface area contributed by atoms with E-state index in [-0.39, 0.29) is 18.0 Å². The largest absolute Gasteiger partial charge is 0.361 e. The van der Waals surface area contributed by atoms with Crippen LogP contribution in [0.1, 0.15) is 37.8 Å². The van der Waals surface area contributed by atoms with Gasteiger partial charge in [-0.1, -0.05) is 5.16 Å². The van der Waals surface area contributed by atoms with Crippen molar-refractivity contribution >= 4 is 5.91 Å². The molecule has 0 aliphatic heterocycles. The number of nitrogens with one attached hydrogen (secondary N) is 2. The van der Waals surface area contributed by atoms with Gasteiger partial charge in [0.2, 0.25) is 5.91 Å². The lowest BCUT2D eigenvalue weighted by Gasteiger charge is -2.15. The Labute approximate surface area is 102 Å². The van der Waals surface area contributed by atoms with E-state index >= 15 is 0 Å². The summed E-state index contributed by atoms with van der Waals surface area (Å²) < 4.78 is 5.06. The third-order valence-corrected chi connectivity index (χ3v) is 2.59. The molecule has 96 valence electrons. The molecule has 1 unspecified atom stereocenters. The van der Waals surface area contributed by atoms with E-state index in [2.05, 4.69) is 15.8 Å². The van der Waals surface area contributed by atoms with Crippen molar-refractivity contribution in [3.63, 3.8) is 0 Å². The maximum absolute atomic E-state index is 11.7. The van der Waals surface area contributed by atoms with Gasteiger partial charge >= 0.3 is 0 Å². The third-order valence-electron chi connectivity index (χ3n) is 2.59. The Morgan fingerprint density at radius 2 is 2.00 bits per heavy atom. The number of carbonyl (C=O) groups excluding carboxylic acids is 1. The van der Waals surface area contributed by atoms with Crippen molar-refractivity contribution in [1.82, 2.24) is 15.8 Å². The highest BCUT2D eigenvalue weighted by Gasteiger charge is 2.15. The molecule has 1 amide bonds. The highest BCUT2D eigenvalue weighted by Crippen LogP contribution is 2.11. The zero-order valence-corrected chi connectivity index (χ0v) is 11.1. The fourth-order valence-corrected chi connectivity index (χ4v) is 1.51. The zero-order valence-electron chi connectivity index (χ0n) is 11.1. The third kappa shape index (κ3) is 3.85. The van der Waals surface area contributed by atoms with Gasteiger partial charge in [-0.05, 0) is 34.6 Å². The number of rotatable bonds is 5. The van der Waals surface area contributed by atoms with E-state index in [1.54, 1.807) is 0 Å². The quantitative estimate of drug-likeness (QED) is 0.812. The molecule has 0 saturated heterocycles. The van der Waals surface area contributed by atoms with Gasteiger partial charge in [-0.15, -0.1) is 0 Å². The Hall–Kier alpha value is -1.36. The number of aromatic nitrogens is 1. The van der Waals surface area contributed by atoms with E-state index in [4.69, 9.17) is 4.52 Å². The van der Waals surface area contributed by atoms with Crippen molar-refractivity contribution in [2.24, 2.45) is 0 Å². The van der Waals surface area contributed by atoms with Gasteiger partial charge in [0, 0.05) is 18.2 Å². The molecule has 5 nitrogen and oxygen atoms in total. The average molecular weight is 239 g/mol. The maximum Gasteiger partial charge on any atom is 0.237 e. The van der Waals surface area contributed by atoms with Crippen molar-refractivity contribution in [2.45, 2.75) is 53.2 Å². The van der Waals surface area contributed by atoms with Crippen LogP contribution < -0.4 is 10.6 Å². The van der Waals surface area contributed by atoms with Crippen molar-refractivity contribution < 1.29 is 9.32 Å². The van der Waals surface area contributed by atoms with Crippen LogP contribution in [-0.2, 0) is 11.3 Å². The van der Waals surface area contributed by atoms with Crippen molar-refractivity contribution in [3.8, 4) is 0 Å². The minimum absolute atomic E-state index is 0.00626. The summed E-state index contributed by atoms with van der Waals surface area (Å²) >= 11 is 0. The normalized spacial score (nSPS) is 12.8. The van der Waals surface area contributed by atoms with Crippen LogP contribution >= 0.6 is 0 Å². The molecule has 17 heavy (non-hydrogen) atoms. The van der Waals surface area contributed by atoms with Gasteiger partial charge < -0.3 is 15.2 Å². The second-order valence-electron chi connectivity index (χ2n) is 4.57. The molecule has 5 heteroatoms. The molecule has 0 saturated carbocycles. The maximum atomic E-state index is 11.7. The SMILES string of the molecule is Cc1noc(C)c1CNC(C)C(=O)NC(C)C. The van der Waals surface area contributed by atoms with Gasteiger partial charge in [0.05, 0.1) is 11.7 Å². The highest BCUT2D eigenvalue weighted by molar-refractivity contribution is 5.81. The number of hydrogen-bond acceptors (Lipinski definition) is 4. The first-order valence-corrected chi connectivity index (χ1v) is 5.87. The summed E-state index contributed by atoms with van der Waals surface area (Å²) in [5.41, 5.74) is 1.89. The molecule has 1 rings (SSSR count). The van der Waals surface area contributed by atoms with E-state index in [1.165, 1.54) is 0 Å². The molecule has 2 N–H and O–H groups in total. The van der Waals surface area contributed by atoms with Crippen molar-refractivity contribution in [2.75, 3.05) is 0 Å². The summed E-state index contributed by atoms with van der Waals surface area (Å²) in [6.07, 6.45) is 0. The Kier molecular flexibility index (Phi) is 4.69. The van der Waals surface area contributed by atoms with Gasteiger partial charge in [0.1, 0.15) is 5.76 Å². The second-order valence-corrected chi connectivity index (χ2v) is 4.57. The van der Waals surface area contributed by atoms with Crippen LogP contribution in [0.4, 0.5) is 0 Å². The summed E-state index contributed by atoms with van der Waals surface area (Å²) in [5.74, 6) is 0.804. The van der Waals surface area contributed by atoms with E-state index in [1.807, 2.05) is 34.6 Å². The molecule has 1 aromatic rings. The van der Waals surface area contributed by atoms with Gasteiger partial charge in [-0.2, -0.15) is 0 Å². The van der Waals surface area contributed by atoms with Crippen LogP contribution in [0.25, 0.3) is 0 Å². The fraction of sp³-hybridized carbons (Fsp3) is 0.667. The number of aryl methyl sites for hydroxylation is 2. The molecule has 1 heterocycles. The molecule has 0 aliphatic rings. The topological polar surface area (TPSA) is 67.2 Å². The number of nitrogens with zero attached hydrogens (tertiary/aromatic N) is 1. The van der Waals surface area contributed by atoms with Crippen LogP contribution in [-0.4, -0.2) is 23.1 Å². The minimum Gasteiger partial charge on any atom is -0.361 e. The molecular formula is C12H21N3O2. The minimum atomic E-state index is -0.230. The molecule has 0 aliphatic carbocycles. The van der Waals surface area contributed by atoms with Gasteiger partial charge in [0.15, 0.2) is 0 Å². The average Bonchev–Trinajstić information content (AvgIpc) is 2.54. The first-order valence-electron chi connectivity index (χ1n) is 5.87. The summed E-state index contributed by atoms with van der Waals surface area (Å²) in [5, 5.41) is 9.89. The van der Waals surface area contributed by atoms with E-state index < -0.39 is 0 Å². The standard InChI is InChI=1S/C12H21N3O2/c1-7(2)14-12(16)9(4)13-6-11-8(3)15-17-10(11)5/h7,9,13H,6H2,1-5H3,(H,14,16). The second kappa shape index (κ2) is 5.82. The van der Waals surface area contributed by atoms with Crippen LogP contribution in [0.2, 0.25) is 0 Å². The van der Waals surface area contributed by atoms with Gasteiger partial charge in [-0.3, -0.25) is 4.79 Å². The van der Waals surface area contributed by atoms with E-state index in [0.717, 1.165) is 17.0 Å². The molecule has 0 radical (unpaired) electrons. The molecule has 1 atom stereocenters. The fourth-order valence-electron chi connectivity index (χ4n) is 1.51. The summed E-state index contributed by atoms with van der Waals surface area (Å²) in [6.45, 7) is 10.1. The lowest BCUT2D eigenvalue weighted by molar-refractivity contribution is -0.123. The number of hydrogen-bond donors (Lipinski definition) is 2. The Morgan fingerprint density at radius 3 is 2.47 bits per heavy atom. The summed E-state index contributed by atoms with van der Waals surface area (Å²) in [6, 6.07) is -0.0723. The number of amides is 1. The Balaban J connectivity index is 2.48. The van der Waals surface area contributed by atoms with Crippen molar-refractivity contribution in [3.05, 3.63) is 17.0 Å². The molecule has 0 aromatic carbocycles. The smallest absolute Gasteiger partial charge is 0.237 e. The monoisotopic (exact) mass is 239 g/mol. The molecule has 0 spiro atoms. The van der Waals surface area contributed by atoms with Gasteiger partial charge in [0.25, 0.3) is 0 Å². The van der Waals surface area contributed by atoms with Crippen LogP contribution in [0, 0.1) is 13.8 Å². The lowest BCUT2D eigenvalue weighted by Crippen LogP contribution is -2.44. The van der Waals surface area contributed by atoms with Crippen LogP contribution in [0.15, 0.2) is 4.52 Å². The van der Waals surface area contributed by atoms with E-state index in [9.17, 15) is 4.79 Å².